The van der Waals surface area contributed by atoms with Crippen LogP contribution < -0.4 is 15.5 Å². The van der Waals surface area contributed by atoms with Crippen LogP contribution in [0.5, 0.6) is 0 Å². The smallest absolute Gasteiger partial charge is 0.378 e. The van der Waals surface area contributed by atoms with Crippen molar-refractivity contribution in [2.24, 2.45) is 0 Å². The fourth-order valence-corrected chi connectivity index (χ4v) is 4.01. The summed E-state index contributed by atoms with van der Waals surface area (Å²) in [5, 5.41) is 6.03. The van der Waals surface area contributed by atoms with Crippen molar-refractivity contribution in [3.05, 3.63) is 41.1 Å². The van der Waals surface area contributed by atoms with Crippen molar-refractivity contribution < 1.29 is 22.7 Å². The highest BCUT2D eigenvalue weighted by molar-refractivity contribution is 5.98. The molecule has 8 nitrogen and oxygen atoms in total. The lowest BCUT2D eigenvalue weighted by Gasteiger charge is -2.22. The molecule has 1 aromatic heterocycles. The largest absolute Gasteiger partial charge is 0.421 e. The quantitative estimate of drug-likeness (QED) is 0.744. The van der Waals surface area contributed by atoms with Crippen LogP contribution >= 0.6 is 0 Å². The number of halogens is 3. The van der Waals surface area contributed by atoms with Gasteiger partial charge in [-0.15, -0.1) is 0 Å². The van der Waals surface area contributed by atoms with Crippen molar-refractivity contribution in [3.8, 4) is 0 Å². The molecule has 0 radical (unpaired) electrons. The zero-order valence-corrected chi connectivity index (χ0v) is 17.3. The Labute approximate surface area is 177 Å². The molecule has 31 heavy (non-hydrogen) atoms. The summed E-state index contributed by atoms with van der Waals surface area (Å²) in [6, 6.07) is 5.04. The summed E-state index contributed by atoms with van der Waals surface area (Å²) in [6.45, 7) is 1.07. The molecular weight excluding hydrogens is 413 g/mol. The number of hydrogen-bond donors (Lipinski definition) is 2. The first kappa shape index (κ1) is 21.3. The maximum Gasteiger partial charge on any atom is 0.421 e. The highest BCUT2D eigenvalue weighted by Gasteiger charge is 2.40. The molecule has 0 bridgehead atoms. The zero-order valence-electron chi connectivity index (χ0n) is 17.3. The third-order valence-electron chi connectivity index (χ3n) is 5.66. The van der Waals surface area contributed by atoms with Crippen LogP contribution in [0.3, 0.4) is 0 Å². The molecule has 4 rings (SSSR count). The molecule has 166 valence electrons. The van der Waals surface area contributed by atoms with Crippen molar-refractivity contribution in [1.29, 1.82) is 0 Å². The Bertz CT molecular complexity index is 987. The Morgan fingerprint density at radius 2 is 2.03 bits per heavy atom. The van der Waals surface area contributed by atoms with Crippen LogP contribution in [0.2, 0.25) is 0 Å². The SMILES string of the molecule is CN[C@@H]1CN(c2nc(Nc3ccc4c(c3)CN(C)C4=O)ncc2C(F)(F)F)C[C@H]1OC. The third-order valence-corrected chi connectivity index (χ3v) is 5.66. The lowest BCUT2D eigenvalue weighted by Crippen LogP contribution is -2.37. The summed E-state index contributed by atoms with van der Waals surface area (Å²) in [7, 11) is 4.99. The lowest BCUT2D eigenvalue weighted by atomic mass is 10.1. The Hall–Kier alpha value is -2.92. The molecule has 1 amide bonds. The summed E-state index contributed by atoms with van der Waals surface area (Å²) >= 11 is 0. The molecule has 0 unspecified atom stereocenters. The number of amides is 1. The van der Waals surface area contributed by atoms with Crippen molar-refractivity contribution in [2.45, 2.75) is 24.9 Å². The Morgan fingerprint density at radius 1 is 1.26 bits per heavy atom. The van der Waals surface area contributed by atoms with Gasteiger partial charge in [0.2, 0.25) is 5.95 Å². The van der Waals surface area contributed by atoms with Gasteiger partial charge in [-0.1, -0.05) is 0 Å². The van der Waals surface area contributed by atoms with Gasteiger partial charge in [0.15, 0.2) is 0 Å². The van der Waals surface area contributed by atoms with Crippen LogP contribution in [0.1, 0.15) is 21.5 Å². The van der Waals surface area contributed by atoms with Gasteiger partial charge in [0.25, 0.3) is 5.91 Å². The first-order valence-electron chi connectivity index (χ1n) is 9.76. The van der Waals surface area contributed by atoms with Gasteiger partial charge in [-0.2, -0.15) is 18.2 Å². The first-order valence-corrected chi connectivity index (χ1v) is 9.76. The Kier molecular flexibility index (Phi) is 5.48. The molecule has 2 atom stereocenters. The minimum Gasteiger partial charge on any atom is -0.378 e. The van der Waals surface area contributed by atoms with Gasteiger partial charge in [0.1, 0.15) is 11.4 Å². The van der Waals surface area contributed by atoms with Gasteiger partial charge in [-0.05, 0) is 30.8 Å². The second-order valence-electron chi connectivity index (χ2n) is 7.66. The number of hydrogen-bond acceptors (Lipinski definition) is 7. The number of ether oxygens (including phenoxy) is 1. The second kappa shape index (κ2) is 7.97. The van der Waals surface area contributed by atoms with Crippen LogP contribution in [0.4, 0.5) is 30.6 Å². The normalized spacial score (nSPS) is 21.0. The molecule has 2 N–H and O–H groups in total. The number of nitrogens with zero attached hydrogens (tertiary/aromatic N) is 4. The predicted octanol–water partition coefficient (Wildman–Crippen LogP) is 2.25. The molecule has 1 fully saturated rings. The molecule has 2 aromatic rings. The monoisotopic (exact) mass is 436 g/mol. The third kappa shape index (κ3) is 4.02. The number of rotatable bonds is 5. The number of likely N-dealkylation sites (N-methyl/N-ethyl adjacent to an activating group) is 1. The number of alkyl halides is 3. The van der Waals surface area contributed by atoms with Gasteiger partial charge in [0, 0.05) is 51.2 Å². The van der Waals surface area contributed by atoms with Crippen LogP contribution in [-0.4, -0.2) is 67.2 Å². The number of anilines is 3. The Balaban J connectivity index is 1.64. The maximum atomic E-state index is 13.6. The Morgan fingerprint density at radius 3 is 2.68 bits per heavy atom. The summed E-state index contributed by atoms with van der Waals surface area (Å²) in [5.74, 6) is -0.209. The molecule has 1 aromatic carbocycles. The van der Waals surface area contributed by atoms with E-state index in [4.69, 9.17) is 4.74 Å². The van der Waals surface area contributed by atoms with E-state index in [1.807, 2.05) is 0 Å². The van der Waals surface area contributed by atoms with E-state index in [0.29, 0.717) is 24.3 Å². The second-order valence-corrected chi connectivity index (χ2v) is 7.66. The van der Waals surface area contributed by atoms with Crippen LogP contribution in [-0.2, 0) is 17.5 Å². The maximum absolute atomic E-state index is 13.6. The fraction of sp³-hybridized carbons (Fsp3) is 0.450. The zero-order chi connectivity index (χ0) is 22.3. The van der Waals surface area contributed by atoms with Crippen LogP contribution in [0.15, 0.2) is 24.4 Å². The van der Waals surface area contributed by atoms with Gasteiger partial charge in [-0.3, -0.25) is 4.79 Å². The molecule has 2 aliphatic rings. The van der Waals surface area contributed by atoms with E-state index < -0.39 is 11.7 Å². The van der Waals surface area contributed by atoms with E-state index in [1.54, 1.807) is 42.1 Å². The number of methoxy groups -OCH3 is 1. The van der Waals surface area contributed by atoms with Crippen molar-refractivity contribution in [1.82, 2.24) is 20.2 Å². The predicted molar refractivity (Wildman–Crippen MR) is 108 cm³/mol. The molecule has 11 heteroatoms. The van der Waals surface area contributed by atoms with E-state index in [2.05, 4.69) is 20.6 Å². The standard InChI is InChI=1S/C20H23F3N6O2/c1-24-15-9-29(10-16(15)31-3)17-14(20(21,22)23)7-25-19(27-17)26-12-4-5-13-11(6-12)8-28(2)18(13)30/h4-7,15-16,24H,8-10H2,1-3H3,(H,25,26,27)/t15-,16-/m1/s1. The highest BCUT2D eigenvalue weighted by Crippen LogP contribution is 2.37. The van der Waals surface area contributed by atoms with E-state index in [0.717, 1.165) is 11.8 Å². The van der Waals surface area contributed by atoms with E-state index in [1.165, 1.54) is 7.11 Å². The lowest BCUT2D eigenvalue weighted by molar-refractivity contribution is -0.137. The van der Waals surface area contributed by atoms with E-state index >= 15 is 0 Å². The fourth-order valence-electron chi connectivity index (χ4n) is 4.01. The molecule has 0 saturated carbocycles. The molecular formula is C20H23F3N6O2. The minimum absolute atomic E-state index is 0.0440. The molecule has 0 aliphatic carbocycles. The molecule has 0 spiro atoms. The summed E-state index contributed by atoms with van der Waals surface area (Å²) in [4.78, 5) is 23.3. The van der Waals surface area contributed by atoms with Crippen molar-refractivity contribution in [2.75, 3.05) is 44.5 Å². The number of carbonyl (C=O) groups is 1. The number of nitrogens with one attached hydrogen (secondary N) is 2. The van der Waals surface area contributed by atoms with E-state index in [-0.39, 0.29) is 36.4 Å². The van der Waals surface area contributed by atoms with Crippen molar-refractivity contribution >= 4 is 23.4 Å². The number of aromatic nitrogens is 2. The molecule has 2 aliphatic heterocycles. The van der Waals surface area contributed by atoms with Crippen LogP contribution in [0.25, 0.3) is 0 Å². The highest BCUT2D eigenvalue weighted by atomic mass is 19.4. The van der Waals surface area contributed by atoms with E-state index in [9.17, 15) is 18.0 Å². The van der Waals surface area contributed by atoms with Gasteiger partial charge < -0.3 is 25.2 Å². The minimum atomic E-state index is -4.59. The summed E-state index contributed by atoms with van der Waals surface area (Å²) in [6.07, 6.45) is -4.06. The average Bonchev–Trinajstić information content (AvgIpc) is 3.27. The summed E-state index contributed by atoms with van der Waals surface area (Å²) < 4.78 is 46.3. The van der Waals surface area contributed by atoms with Gasteiger partial charge in [0.05, 0.1) is 12.1 Å². The number of benzene rings is 1. The molecule has 1 saturated heterocycles. The summed E-state index contributed by atoms with van der Waals surface area (Å²) in [5.41, 5.74) is 1.15. The van der Waals surface area contributed by atoms with Crippen molar-refractivity contribution in [3.63, 3.8) is 0 Å². The number of fused-ring (bicyclic) bond motifs is 1. The number of carbonyl (C=O) groups excluding carboxylic acids is 1. The van der Waals surface area contributed by atoms with Gasteiger partial charge in [-0.25, -0.2) is 4.98 Å². The van der Waals surface area contributed by atoms with Crippen LogP contribution in [0, 0.1) is 0 Å². The topological polar surface area (TPSA) is 82.6 Å². The average molecular weight is 436 g/mol. The molecule has 3 heterocycles. The van der Waals surface area contributed by atoms with Gasteiger partial charge >= 0.3 is 6.18 Å². The first-order chi connectivity index (χ1) is 14.7.